The van der Waals surface area contributed by atoms with E-state index in [1.807, 2.05) is 0 Å². The molecule has 0 spiro atoms. The molecule has 1 aliphatic rings. The van der Waals surface area contributed by atoms with Crippen LogP contribution in [0.15, 0.2) is 59.1 Å². The van der Waals surface area contributed by atoms with Gasteiger partial charge in [-0.05, 0) is 43.5 Å². The van der Waals surface area contributed by atoms with Gasteiger partial charge in [-0.2, -0.15) is 4.98 Å². The van der Waals surface area contributed by atoms with Crippen LogP contribution in [0.2, 0.25) is 0 Å². The number of anilines is 2. The summed E-state index contributed by atoms with van der Waals surface area (Å²) in [6, 6.07) is 13.2. The number of nitrogens with one attached hydrogen (secondary N) is 2. The van der Waals surface area contributed by atoms with Crippen LogP contribution in [-0.2, 0) is 0 Å². The van der Waals surface area contributed by atoms with Gasteiger partial charge in [0.25, 0.3) is 5.91 Å². The van der Waals surface area contributed by atoms with E-state index in [1.165, 1.54) is 18.7 Å². The van der Waals surface area contributed by atoms with E-state index >= 15 is 0 Å². The van der Waals surface area contributed by atoms with Crippen molar-refractivity contribution in [3.63, 3.8) is 0 Å². The van der Waals surface area contributed by atoms with Gasteiger partial charge in [-0.1, -0.05) is 24.3 Å². The highest BCUT2D eigenvalue weighted by Gasteiger charge is 2.20. The minimum atomic E-state index is -0.406. The number of oxazole rings is 1. The molecule has 1 saturated heterocycles. The molecule has 2 aromatic carbocycles. The Hall–Kier alpha value is -4.01. The summed E-state index contributed by atoms with van der Waals surface area (Å²) in [6.07, 6.45) is 4.87. The number of hydrogen-bond donors (Lipinski definition) is 2. The fourth-order valence-electron chi connectivity index (χ4n) is 3.77. The van der Waals surface area contributed by atoms with Gasteiger partial charge in [0.2, 0.25) is 17.8 Å². The maximum Gasteiger partial charge on any atom is 0.258 e. The van der Waals surface area contributed by atoms with E-state index in [1.54, 1.807) is 42.5 Å². The van der Waals surface area contributed by atoms with Crippen LogP contribution >= 0.6 is 0 Å². The Bertz CT molecular complexity index is 1240. The van der Waals surface area contributed by atoms with Crippen molar-refractivity contribution in [3.8, 4) is 22.8 Å². The molecule has 0 saturated carbocycles. The molecular weight excluding hydrogens is 411 g/mol. The van der Waals surface area contributed by atoms with Crippen LogP contribution in [0.5, 0.6) is 0 Å². The zero-order valence-electron chi connectivity index (χ0n) is 17.2. The number of H-pyrrole nitrogens is 1. The van der Waals surface area contributed by atoms with Crippen molar-refractivity contribution in [3.05, 3.63) is 66.1 Å². The number of hydrogen-bond acceptors (Lipinski definition) is 6. The maximum atomic E-state index is 14.1. The fourth-order valence-corrected chi connectivity index (χ4v) is 3.77. The molecule has 1 amide bonds. The first kappa shape index (κ1) is 19.9. The van der Waals surface area contributed by atoms with Crippen molar-refractivity contribution in [1.29, 1.82) is 0 Å². The molecule has 2 aromatic heterocycles. The molecule has 8 nitrogen and oxygen atoms in total. The molecule has 0 atom stereocenters. The second-order valence-corrected chi connectivity index (χ2v) is 7.54. The molecule has 4 aromatic rings. The van der Waals surface area contributed by atoms with Gasteiger partial charge in [-0.15, -0.1) is 5.10 Å². The molecule has 0 aliphatic carbocycles. The largest absolute Gasteiger partial charge is 0.436 e. The van der Waals surface area contributed by atoms with Crippen LogP contribution in [-0.4, -0.2) is 39.2 Å². The SMILES string of the molecule is O=C(Nc1nc(N2CCCCC2)n[nH]1)c1ccccc1-c1ncc(-c2ccccc2F)o1. The van der Waals surface area contributed by atoms with Gasteiger partial charge < -0.3 is 9.32 Å². The van der Waals surface area contributed by atoms with Gasteiger partial charge in [-0.3, -0.25) is 10.1 Å². The summed E-state index contributed by atoms with van der Waals surface area (Å²) in [5.41, 5.74) is 1.15. The van der Waals surface area contributed by atoms with E-state index in [9.17, 15) is 9.18 Å². The minimum Gasteiger partial charge on any atom is -0.436 e. The molecule has 1 aliphatic heterocycles. The average Bonchev–Trinajstić information content (AvgIpc) is 3.50. The Morgan fingerprint density at radius 2 is 1.78 bits per heavy atom. The van der Waals surface area contributed by atoms with Gasteiger partial charge >= 0.3 is 0 Å². The van der Waals surface area contributed by atoms with Crippen LogP contribution in [0.1, 0.15) is 29.6 Å². The van der Waals surface area contributed by atoms with Crippen LogP contribution in [0.3, 0.4) is 0 Å². The first-order valence-electron chi connectivity index (χ1n) is 10.5. The number of aromatic nitrogens is 4. The zero-order valence-corrected chi connectivity index (χ0v) is 17.2. The number of amides is 1. The lowest BCUT2D eigenvalue weighted by atomic mass is 10.1. The number of aromatic amines is 1. The third-order valence-corrected chi connectivity index (χ3v) is 5.39. The fraction of sp³-hybridized carbons (Fsp3) is 0.217. The standard InChI is InChI=1S/C23H21FN6O2/c24-18-11-5-4-10-17(18)19-14-25-21(32-19)16-9-3-2-8-15(16)20(31)26-22-27-23(29-28-22)30-12-6-1-7-13-30/h2-5,8-11,14H,1,6-7,12-13H2,(H2,26,27,28,29,31). The van der Waals surface area contributed by atoms with Crippen molar-refractivity contribution < 1.29 is 13.6 Å². The van der Waals surface area contributed by atoms with Gasteiger partial charge in [0.05, 0.1) is 17.3 Å². The number of carbonyl (C=O) groups is 1. The molecular formula is C23H21FN6O2. The molecule has 0 radical (unpaired) electrons. The predicted molar refractivity (Wildman–Crippen MR) is 118 cm³/mol. The highest BCUT2D eigenvalue weighted by Crippen LogP contribution is 2.30. The molecule has 162 valence electrons. The number of nitrogens with zero attached hydrogens (tertiary/aromatic N) is 4. The highest BCUT2D eigenvalue weighted by atomic mass is 19.1. The summed E-state index contributed by atoms with van der Waals surface area (Å²) in [5.74, 6) is 0.569. The Labute approximate surface area is 183 Å². The van der Waals surface area contributed by atoms with Crippen LogP contribution in [0.4, 0.5) is 16.3 Å². The van der Waals surface area contributed by atoms with Crippen LogP contribution in [0, 0.1) is 5.82 Å². The van der Waals surface area contributed by atoms with E-state index in [-0.39, 0.29) is 23.5 Å². The summed E-state index contributed by atoms with van der Waals surface area (Å²) < 4.78 is 19.9. The molecule has 1 fully saturated rings. The van der Waals surface area contributed by atoms with Crippen LogP contribution < -0.4 is 10.2 Å². The summed E-state index contributed by atoms with van der Waals surface area (Å²) >= 11 is 0. The Kier molecular flexibility index (Phi) is 5.37. The molecule has 2 N–H and O–H groups in total. The molecule has 0 bridgehead atoms. The van der Waals surface area contributed by atoms with E-state index in [0.717, 1.165) is 25.9 Å². The summed E-state index contributed by atoms with van der Waals surface area (Å²) in [7, 11) is 0. The highest BCUT2D eigenvalue weighted by molar-refractivity contribution is 6.07. The topological polar surface area (TPSA) is 99.9 Å². The van der Waals surface area contributed by atoms with Gasteiger partial charge in [0, 0.05) is 18.7 Å². The monoisotopic (exact) mass is 432 g/mol. The Morgan fingerprint density at radius 3 is 2.59 bits per heavy atom. The normalized spacial score (nSPS) is 13.8. The number of benzene rings is 2. The van der Waals surface area contributed by atoms with Crippen molar-refractivity contribution >= 4 is 17.8 Å². The first-order chi connectivity index (χ1) is 15.7. The summed E-state index contributed by atoms with van der Waals surface area (Å²) in [5, 5.41) is 9.75. The molecule has 3 heterocycles. The quantitative estimate of drug-likeness (QED) is 0.481. The number of carbonyl (C=O) groups excluding carboxylic acids is 1. The maximum absolute atomic E-state index is 14.1. The van der Waals surface area contributed by atoms with Crippen molar-refractivity contribution in [2.24, 2.45) is 0 Å². The average molecular weight is 432 g/mol. The van der Waals surface area contributed by atoms with Gasteiger partial charge in [0.1, 0.15) is 5.82 Å². The zero-order chi connectivity index (χ0) is 21.9. The minimum absolute atomic E-state index is 0.223. The van der Waals surface area contributed by atoms with Crippen molar-refractivity contribution in [2.75, 3.05) is 23.3 Å². The van der Waals surface area contributed by atoms with Crippen LogP contribution in [0.25, 0.3) is 22.8 Å². The van der Waals surface area contributed by atoms with E-state index in [4.69, 9.17) is 4.42 Å². The van der Waals surface area contributed by atoms with E-state index < -0.39 is 5.82 Å². The lowest BCUT2D eigenvalue weighted by Crippen LogP contribution is -2.30. The van der Waals surface area contributed by atoms with Gasteiger partial charge in [0.15, 0.2) is 5.76 Å². The molecule has 5 rings (SSSR count). The summed E-state index contributed by atoms with van der Waals surface area (Å²) in [6.45, 7) is 1.81. The van der Waals surface area contributed by atoms with E-state index in [0.29, 0.717) is 22.6 Å². The lowest BCUT2D eigenvalue weighted by Gasteiger charge is -2.24. The Balaban J connectivity index is 1.38. The summed E-state index contributed by atoms with van der Waals surface area (Å²) in [4.78, 5) is 23.7. The number of piperidine rings is 1. The number of rotatable bonds is 5. The first-order valence-corrected chi connectivity index (χ1v) is 10.5. The second kappa shape index (κ2) is 8.62. The molecule has 9 heteroatoms. The third kappa shape index (κ3) is 3.96. The smallest absolute Gasteiger partial charge is 0.258 e. The van der Waals surface area contributed by atoms with Crippen molar-refractivity contribution in [1.82, 2.24) is 20.2 Å². The molecule has 32 heavy (non-hydrogen) atoms. The Morgan fingerprint density at radius 1 is 1.03 bits per heavy atom. The second-order valence-electron chi connectivity index (χ2n) is 7.54. The van der Waals surface area contributed by atoms with Crippen molar-refractivity contribution in [2.45, 2.75) is 19.3 Å². The molecule has 0 unspecified atom stereocenters. The van der Waals surface area contributed by atoms with E-state index in [2.05, 4.69) is 30.4 Å². The third-order valence-electron chi connectivity index (χ3n) is 5.39. The van der Waals surface area contributed by atoms with Gasteiger partial charge in [-0.25, -0.2) is 14.5 Å². The lowest BCUT2D eigenvalue weighted by molar-refractivity contribution is 0.102. The number of halogens is 1. The predicted octanol–water partition coefficient (Wildman–Crippen LogP) is 4.51.